The number of rotatable bonds is 3. The van der Waals surface area contributed by atoms with Crippen LogP contribution in [0.1, 0.15) is 0 Å². The summed E-state index contributed by atoms with van der Waals surface area (Å²) in [5, 5.41) is 4.23. The Labute approximate surface area is 200 Å². The molecular weight excluding hydrogens is 528 g/mol. The van der Waals surface area contributed by atoms with Gasteiger partial charge in [-0.15, -0.1) is 5.30 Å². The molecule has 0 aromatic heterocycles. The summed E-state index contributed by atoms with van der Waals surface area (Å²) in [6, 6.07) is 40.2. The maximum absolute atomic E-state index is 2.23. The molecule has 5 heteroatoms. The Bertz CT molecular complexity index is 719. The van der Waals surface area contributed by atoms with Crippen molar-refractivity contribution in [3.05, 3.63) is 115 Å². The van der Waals surface area contributed by atoms with Crippen LogP contribution in [0.5, 0.6) is 0 Å². The minimum atomic E-state index is -0.409. The molecule has 4 aromatic rings. The van der Waals surface area contributed by atoms with Crippen molar-refractivity contribution in [1.29, 1.82) is 0 Å². The van der Waals surface area contributed by atoms with Gasteiger partial charge in [-0.3, -0.25) is 0 Å². The van der Waals surface area contributed by atoms with Crippen molar-refractivity contribution in [2.45, 2.75) is 0 Å². The van der Waals surface area contributed by atoms with E-state index in [4.69, 9.17) is 0 Å². The molecule has 0 aliphatic carbocycles. The van der Waals surface area contributed by atoms with E-state index in [1.165, 1.54) is 15.9 Å². The molecule has 0 aliphatic rings. The summed E-state index contributed by atoms with van der Waals surface area (Å²) in [6.45, 7) is 0. The fourth-order valence-corrected chi connectivity index (χ4v) is 4.74. The zero-order valence-corrected chi connectivity index (χ0v) is 19.4. The Hall–Kier alpha value is -0.668. The Morgan fingerprint density at radius 3 is 1.22 bits per heavy atom. The van der Waals surface area contributed by atoms with Gasteiger partial charge in [0.1, 0.15) is 0 Å². The molecule has 0 bridgehead atoms. The van der Waals surface area contributed by atoms with Crippen LogP contribution in [0.3, 0.4) is 0 Å². The summed E-state index contributed by atoms with van der Waals surface area (Å²) in [4.78, 5) is 0. The van der Waals surface area contributed by atoms with Crippen LogP contribution in [0.25, 0.3) is 0 Å². The molecule has 0 saturated carbocycles. The third-order valence-electron chi connectivity index (χ3n) is 3.49. The van der Waals surface area contributed by atoms with Crippen LogP contribution < -0.4 is 40.7 Å². The number of hydrogen-bond donors (Lipinski definition) is 0. The molecule has 0 fully saturated rings. The van der Waals surface area contributed by atoms with Gasteiger partial charge >= 0.3 is 20.4 Å². The second-order valence-electron chi connectivity index (χ2n) is 5.11. The zero-order chi connectivity index (χ0) is 15.7. The van der Waals surface area contributed by atoms with Crippen molar-refractivity contribution >= 4 is 23.8 Å². The molecule has 4 rings (SSSR count). The summed E-state index contributed by atoms with van der Waals surface area (Å²) < 4.78 is 0. The molecule has 0 unspecified atom stereocenters. The van der Waals surface area contributed by atoms with Gasteiger partial charge in [-0.1, -0.05) is 68.6 Å². The molecule has 0 heterocycles. The Morgan fingerprint density at radius 1 is 0.556 bits per heavy atom. The number of benzene rings is 2. The first kappa shape index (κ1) is 28.5. The molecule has 0 amide bonds. The molecule has 150 valence electrons. The van der Waals surface area contributed by atoms with Crippen molar-refractivity contribution in [3.63, 3.8) is 0 Å². The first-order valence-electron chi connectivity index (χ1n) is 7.74. The average molecular weight is 548 g/mol. The first-order valence-corrected chi connectivity index (χ1v) is 9.08. The number of halogens is 2. The smallest absolute Gasteiger partial charge is 1.00 e. The maximum atomic E-state index is 2.23. The molecular formula is C22H19Cl2FePPd-6. The predicted molar refractivity (Wildman–Crippen MR) is 103 cm³/mol. The van der Waals surface area contributed by atoms with E-state index in [0.29, 0.717) is 0 Å². The summed E-state index contributed by atoms with van der Waals surface area (Å²) in [6.07, 6.45) is 0. The summed E-state index contributed by atoms with van der Waals surface area (Å²) in [7, 11) is -0.409. The van der Waals surface area contributed by atoms with Crippen molar-refractivity contribution < 1.29 is 62.3 Å². The second kappa shape index (κ2) is 16.3. The van der Waals surface area contributed by atoms with Crippen LogP contribution in [0.4, 0.5) is 0 Å². The summed E-state index contributed by atoms with van der Waals surface area (Å²) in [5.74, 6) is 0. The van der Waals surface area contributed by atoms with E-state index in [1.54, 1.807) is 0 Å². The maximum Gasteiger partial charge on any atom is 2.00 e. The molecule has 0 N–H and O–H groups in total. The Balaban J connectivity index is 0. The standard InChI is InChI=1S/C17H14P.C5H5.2ClH.Fe.Pd/c1-3-9-15(10-4-1)18(17-13-7-8-14-17)16-11-5-2-6-12-16;1-2-4-5-3-1;;;;/h1-14H;1-5H;2*1H;;/q-1;-5;;;;+2/p-2. The fourth-order valence-electron chi connectivity index (χ4n) is 2.44. The van der Waals surface area contributed by atoms with E-state index in [1.807, 2.05) is 30.3 Å². The quantitative estimate of drug-likeness (QED) is 0.168. The van der Waals surface area contributed by atoms with Gasteiger partial charge in [-0.25, -0.2) is 12.1 Å². The number of hydrogen-bond acceptors (Lipinski definition) is 0. The van der Waals surface area contributed by atoms with Gasteiger partial charge in [-0.2, -0.15) is 12.1 Å². The molecule has 0 radical (unpaired) electrons. The van der Waals surface area contributed by atoms with Gasteiger partial charge in [-0.05, 0) is 10.6 Å². The molecule has 0 aliphatic heterocycles. The van der Waals surface area contributed by atoms with Gasteiger partial charge < -0.3 is 55.1 Å². The third-order valence-corrected chi connectivity index (χ3v) is 5.93. The van der Waals surface area contributed by atoms with Gasteiger partial charge in [0, 0.05) is 17.1 Å². The van der Waals surface area contributed by atoms with Crippen LogP contribution in [-0.4, -0.2) is 0 Å². The van der Waals surface area contributed by atoms with E-state index in [9.17, 15) is 0 Å². The normalized spacial score (nSPS) is 8.63. The van der Waals surface area contributed by atoms with E-state index in [0.717, 1.165) is 0 Å². The molecule has 0 spiro atoms. The zero-order valence-electron chi connectivity index (χ0n) is 14.3. The summed E-state index contributed by atoms with van der Waals surface area (Å²) in [5.41, 5.74) is 0. The fraction of sp³-hybridized carbons (Fsp3) is 0. The second-order valence-corrected chi connectivity index (χ2v) is 7.33. The SMILES string of the molecule is [Cl-].[Cl-].[Fe].[Pd+2].[cH-]1[cH-][cH-][cH-][cH-]1.c1ccc(P(c2ccccc2)[c-]2cccc2)cc1. The van der Waals surface area contributed by atoms with E-state index in [2.05, 4.69) is 84.9 Å². The molecule has 27 heavy (non-hydrogen) atoms. The van der Waals surface area contributed by atoms with Crippen LogP contribution >= 0.6 is 7.92 Å². The van der Waals surface area contributed by atoms with Crippen LogP contribution in [0.15, 0.2) is 115 Å². The predicted octanol–water partition coefficient (Wildman–Crippen LogP) is -1.43. The Kier molecular flexibility index (Phi) is 17.2. The van der Waals surface area contributed by atoms with Crippen molar-refractivity contribution in [2.75, 3.05) is 0 Å². The minimum absolute atomic E-state index is 0. The van der Waals surface area contributed by atoms with E-state index in [-0.39, 0.29) is 62.3 Å². The van der Waals surface area contributed by atoms with Gasteiger partial charge in [0.15, 0.2) is 0 Å². The minimum Gasteiger partial charge on any atom is -1.00 e. The largest absolute Gasteiger partial charge is 2.00 e. The van der Waals surface area contributed by atoms with Crippen LogP contribution in [-0.2, 0) is 37.5 Å². The van der Waals surface area contributed by atoms with E-state index < -0.39 is 7.92 Å². The molecule has 4 aromatic carbocycles. The monoisotopic (exact) mass is 546 g/mol. The van der Waals surface area contributed by atoms with Crippen LogP contribution in [0.2, 0.25) is 0 Å². The summed E-state index contributed by atoms with van der Waals surface area (Å²) >= 11 is 0. The van der Waals surface area contributed by atoms with Gasteiger partial charge in [0.05, 0.1) is 0 Å². The Morgan fingerprint density at radius 2 is 0.889 bits per heavy atom. The molecule has 0 atom stereocenters. The average Bonchev–Trinajstić information content (AvgIpc) is 3.34. The van der Waals surface area contributed by atoms with Crippen LogP contribution in [0, 0.1) is 0 Å². The van der Waals surface area contributed by atoms with Crippen molar-refractivity contribution in [3.8, 4) is 0 Å². The van der Waals surface area contributed by atoms with E-state index >= 15 is 0 Å². The van der Waals surface area contributed by atoms with Crippen molar-refractivity contribution in [2.24, 2.45) is 0 Å². The molecule has 0 nitrogen and oxygen atoms in total. The van der Waals surface area contributed by atoms with Crippen molar-refractivity contribution in [1.82, 2.24) is 0 Å². The van der Waals surface area contributed by atoms with Gasteiger partial charge in [0.2, 0.25) is 0 Å². The first-order chi connectivity index (χ1) is 11.4. The molecule has 0 saturated heterocycles. The topological polar surface area (TPSA) is 0 Å². The third kappa shape index (κ3) is 8.91. The van der Waals surface area contributed by atoms with Gasteiger partial charge in [0.25, 0.3) is 0 Å².